The topological polar surface area (TPSA) is 145 Å². The molecule has 0 aliphatic rings. The summed E-state index contributed by atoms with van der Waals surface area (Å²) in [6.07, 6.45) is 0. The summed E-state index contributed by atoms with van der Waals surface area (Å²) in [7, 11) is 0. The number of hydrogen-bond acceptors (Lipinski definition) is 9. The molecule has 0 unspecified atom stereocenters. The molecule has 0 bridgehead atoms. The molecule has 34 heavy (non-hydrogen) atoms. The molecule has 0 saturated carbocycles. The fourth-order valence-corrected chi connectivity index (χ4v) is 5.09. The first-order valence-electron chi connectivity index (χ1n) is 10.3. The fraction of sp³-hybridized carbons (Fsp3) is 0.261. The normalized spacial score (nSPS) is 13.0. The van der Waals surface area contributed by atoms with Crippen LogP contribution in [0.5, 0.6) is 0 Å². The minimum atomic E-state index is -0.586. The van der Waals surface area contributed by atoms with Crippen LogP contribution < -0.4 is 5.56 Å². The number of fused-ring (bicyclic) bond motifs is 2. The van der Waals surface area contributed by atoms with Crippen molar-refractivity contribution in [2.45, 2.75) is 31.8 Å². The van der Waals surface area contributed by atoms with Gasteiger partial charge in [0, 0.05) is 4.88 Å². The number of nitrogens with zero attached hydrogens (tertiary/aromatic N) is 3. The van der Waals surface area contributed by atoms with E-state index >= 15 is 0 Å². The Morgan fingerprint density at radius 2 is 2.06 bits per heavy atom. The number of aryl methyl sites for hydroxylation is 2. The molecule has 0 amide bonds. The number of H-pyrrole nitrogens is 2. The van der Waals surface area contributed by atoms with E-state index in [0.717, 1.165) is 16.0 Å². The predicted molar refractivity (Wildman–Crippen MR) is 133 cm³/mol. The number of allylic oxidation sites excluding steroid dienone is 1. The van der Waals surface area contributed by atoms with Crippen molar-refractivity contribution in [1.82, 2.24) is 19.9 Å². The van der Waals surface area contributed by atoms with Gasteiger partial charge in [0.2, 0.25) is 0 Å². The quantitative estimate of drug-likeness (QED) is 0.197. The number of nitrogens with one attached hydrogen (secondary N) is 2. The SMILES string of the molecule is Cc1sc2nc(CS[C@@H](C)C(=O)OC/C(O)=C(\C#N)c3nc4ccccc4[nH]3)[nH]c(=O)c2c1C. The van der Waals surface area contributed by atoms with Gasteiger partial charge in [-0.25, -0.2) is 9.97 Å². The lowest BCUT2D eigenvalue weighted by Gasteiger charge is -2.11. The van der Waals surface area contributed by atoms with E-state index in [-0.39, 0.29) is 17.0 Å². The van der Waals surface area contributed by atoms with Crippen molar-refractivity contribution in [2.24, 2.45) is 0 Å². The molecule has 0 fully saturated rings. The van der Waals surface area contributed by atoms with E-state index < -0.39 is 23.6 Å². The maximum Gasteiger partial charge on any atom is 0.319 e. The van der Waals surface area contributed by atoms with E-state index in [1.165, 1.54) is 23.1 Å². The van der Waals surface area contributed by atoms with Gasteiger partial charge in [0.05, 0.1) is 22.2 Å². The van der Waals surface area contributed by atoms with Gasteiger partial charge in [-0.05, 0) is 38.5 Å². The number of thiophene rings is 1. The number of aliphatic hydroxyl groups is 1. The van der Waals surface area contributed by atoms with Crippen LogP contribution in [0.3, 0.4) is 0 Å². The van der Waals surface area contributed by atoms with E-state index in [0.29, 0.717) is 27.3 Å². The molecule has 3 N–H and O–H groups in total. The summed E-state index contributed by atoms with van der Waals surface area (Å²) >= 11 is 2.71. The van der Waals surface area contributed by atoms with Gasteiger partial charge >= 0.3 is 5.97 Å². The van der Waals surface area contributed by atoms with Crippen LogP contribution >= 0.6 is 23.1 Å². The largest absolute Gasteiger partial charge is 0.507 e. The molecule has 0 spiro atoms. The Kier molecular flexibility index (Phi) is 6.72. The van der Waals surface area contributed by atoms with Crippen molar-refractivity contribution < 1.29 is 14.6 Å². The lowest BCUT2D eigenvalue weighted by atomic mass is 10.2. The zero-order valence-electron chi connectivity index (χ0n) is 18.6. The molecule has 4 aromatic rings. The fourth-order valence-electron chi connectivity index (χ4n) is 3.29. The highest BCUT2D eigenvalue weighted by atomic mass is 32.2. The molecular weight excluding hydrogens is 474 g/mol. The lowest BCUT2D eigenvalue weighted by Crippen LogP contribution is -2.19. The van der Waals surface area contributed by atoms with Crippen LogP contribution in [0.1, 0.15) is 29.0 Å². The van der Waals surface area contributed by atoms with Crippen LogP contribution in [0.15, 0.2) is 34.8 Å². The van der Waals surface area contributed by atoms with Crippen molar-refractivity contribution in [3.63, 3.8) is 0 Å². The second kappa shape index (κ2) is 9.70. The summed E-state index contributed by atoms with van der Waals surface area (Å²) in [5, 5.41) is 19.8. The van der Waals surface area contributed by atoms with Crippen molar-refractivity contribution in [3.05, 3.63) is 62.5 Å². The summed E-state index contributed by atoms with van der Waals surface area (Å²) in [6, 6.07) is 9.12. The molecule has 1 atom stereocenters. The Morgan fingerprint density at radius 1 is 1.29 bits per heavy atom. The predicted octanol–water partition coefficient (Wildman–Crippen LogP) is 4.14. The Labute approximate surface area is 202 Å². The first kappa shape index (κ1) is 23.5. The number of carbonyl (C=O) groups is 1. The van der Waals surface area contributed by atoms with E-state index in [1.807, 2.05) is 32.0 Å². The van der Waals surface area contributed by atoms with Gasteiger partial charge in [0.1, 0.15) is 34.2 Å². The maximum absolute atomic E-state index is 12.4. The second-order valence-corrected chi connectivity index (χ2v) is 10.1. The van der Waals surface area contributed by atoms with Crippen molar-refractivity contribution in [1.29, 1.82) is 5.26 Å². The molecule has 0 radical (unpaired) electrons. The van der Waals surface area contributed by atoms with Crippen LogP contribution in [-0.4, -0.2) is 42.9 Å². The summed E-state index contributed by atoms with van der Waals surface area (Å²) in [5.74, 6) is 0.0189. The number of carbonyl (C=O) groups excluding carboxylic acids is 1. The summed E-state index contributed by atoms with van der Waals surface area (Å²) < 4.78 is 5.19. The van der Waals surface area contributed by atoms with Gasteiger partial charge in [0.25, 0.3) is 5.56 Å². The van der Waals surface area contributed by atoms with Crippen LogP contribution in [0.25, 0.3) is 26.8 Å². The summed E-state index contributed by atoms with van der Waals surface area (Å²) in [5.41, 5.74) is 2.01. The Bertz CT molecular complexity index is 1490. The minimum absolute atomic E-state index is 0.0964. The van der Waals surface area contributed by atoms with Crippen molar-refractivity contribution >= 4 is 55.9 Å². The number of thioether (sulfide) groups is 1. The van der Waals surface area contributed by atoms with E-state index in [4.69, 9.17) is 4.74 Å². The van der Waals surface area contributed by atoms with Crippen LogP contribution in [0.2, 0.25) is 0 Å². The van der Waals surface area contributed by atoms with Gasteiger partial charge < -0.3 is 19.8 Å². The zero-order chi connectivity index (χ0) is 24.4. The van der Waals surface area contributed by atoms with Crippen LogP contribution in [0.4, 0.5) is 0 Å². The molecule has 3 aromatic heterocycles. The highest BCUT2D eigenvalue weighted by Crippen LogP contribution is 2.27. The molecule has 0 aliphatic heterocycles. The van der Waals surface area contributed by atoms with Gasteiger partial charge in [-0.2, -0.15) is 5.26 Å². The smallest absolute Gasteiger partial charge is 0.319 e. The molecular formula is C23H21N5O4S2. The standard InChI is InChI=1S/C23H21N5O4S2/c1-11-12(2)34-22-19(11)21(30)27-18(28-22)10-33-13(3)23(31)32-9-17(29)14(8-24)20-25-15-6-4-5-7-16(15)26-20/h4-7,13,29H,9-10H2,1-3H3,(H,25,26)(H,27,28,30)/b17-14-/t13-/m0/s1. The Balaban J connectivity index is 1.39. The molecule has 3 heterocycles. The van der Waals surface area contributed by atoms with E-state index in [2.05, 4.69) is 19.9 Å². The van der Waals surface area contributed by atoms with Crippen LogP contribution in [0, 0.1) is 25.2 Å². The highest BCUT2D eigenvalue weighted by Gasteiger charge is 2.20. The minimum Gasteiger partial charge on any atom is -0.507 e. The number of aliphatic hydroxyl groups excluding tert-OH is 1. The monoisotopic (exact) mass is 495 g/mol. The number of esters is 1. The average molecular weight is 496 g/mol. The summed E-state index contributed by atoms with van der Waals surface area (Å²) in [4.78, 5) is 41.1. The number of nitriles is 1. The first-order valence-corrected chi connectivity index (χ1v) is 12.2. The molecule has 0 aliphatic carbocycles. The third kappa shape index (κ3) is 4.69. The third-order valence-electron chi connectivity index (χ3n) is 5.27. The van der Waals surface area contributed by atoms with Crippen LogP contribution in [-0.2, 0) is 15.3 Å². The van der Waals surface area contributed by atoms with Gasteiger partial charge in [-0.3, -0.25) is 9.59 Å². The number of ether oxygens (including phenoxy) is 1. The zero-order valence-corrected chi connectivity index (χ0v) is 20.3. The number of imidazole rings is 1. The van der Waals surface area contributed by atoms with E-state index in [9.17, 15) is 20.0 Å². The Morgan fingerprint density at radius 3 is 2.79 bits per heavy atom. The molecule has 1 aromatic carbocycles. The number of aromatic amines is 2. The van der Waals surface area contributed by atoms with E-state index in [1.54, 1.807) is 19.1 Å². The number of para-hydroxylation sites is 2. The first-order chi connectivity index (χ1) is 16.3. The molecule has 11 heteroatoms. The second-order valence-electron chi connectivity index (χ2n) is 7.57. The molecule has 4 rings (SSSR count). The molecule has 0 saturated heterocycles. The average Bonchev–Trinajstić information content (AvgIpc) is 3.36. The highest BCUT2D eigenvalue weighted by molar-refractivity contribution is 7.99. The van der Waals surface area contributed by atoms with Crippen molar-refractivity contribution in [3.8, 4) is 6.07 Å². The number of hydrogen-bond donors (Lipinski definition) is 3. The molecule has 9 nitrogen and oxygen atoms in total. The molecule has 174 valence electrons. The summed E-state index contributed by atoms with van der Waals surface area (Å²) in [6.45, 7) is 5.05. The maximum atomic E-state index is 12.4. The Hall–Kier alpha value is -3.62. The van der Waals surface area contributed by atoms with Crippen molar-refractivity contribution in [2.75, 3.05) is 6.61 Å². The number of benzene rings is 1. The number of rotatable bonds is 7. The van der Waals surface area contributed by atoms with Gasteiger partial charge in [0.15, 0.2) is 11.6 Å². The third-order valence-corrected chi connectivity index (χ3v) is 7.50. The number of aromatic nitrogens is 4. The lowest BCUT2D eigenvalue weighted by molar-refractivity contribution is -0.142. The van der Waals surface area contributed by atoms with Gasteiger partial charge in [-0.15, -0.1) is 23.1 Å². The van der Waals surface area contributed by atoms with Gasteiger partial charge in [-0.1, -0.05) is 12.1 Å².